The summed E-state index contributed by atoms with van der Waals surface area (Å²) < 4.78 is 18.8. The zero-order valence-electron chi connectivity index (χ0n) is 14.3. The van der Waals surface area contributed by atoms with Crippen LogP contribution in [0, 0.1) is 12.7 Å². The van der Waals surface area contributed by atoms with Crippen LogP contribution in [0.25, 0.3) is 10.9 Å². The van der Waals surface area contributed by atoms with Gasteiger partial charge in [-0.15, -0.1) is 0 Å². The molecule has 1 heterocycles. The maximum absolute atomic E-state index is 13.6. The van der Waals surface area contributed by atoms with Crippen molar-refractivity contribution < 1.29 is 13.9 Å². The van der Waals surface area contributed by atoms with Crippen LogP contribution in [-0.4, -0.2) is 18.0 Å². The molecule has 0 aliphatic heterocycles. The van der Waals surface area contributed by atoms with E-state index >= 15 is 0 Å². The minimum Gasteiger partial charge on any atom is -0.497 e. The molecule has 5 heteroatoms. The Bertz CT molecular complexity index is 923. The fourth-order valence-electron chi connectivity index (χ4n) is 2.77. The second-order valence-electron chi connectivity index (χ2n) is 5.94. The van der Waals surface area contributed by atoms with Crippen LogP contribution < -0.4 is 10.1 Å². The number of hydrogen-bond donors (Lipinski definition) is 1. The van der Waals surface area contributed by atoms with E-state index in [2.05, 4.69) is 10.3 Å². The second kappa shape index (κ2) is 6.89. The quantitative estimate of drug-likeness (QED) is 0.776. The van der Waals surface area contributed by atoms with E-state index in [1.165, 1.54) is 12.1 Å². The van der Waals surface area contributed by atoms with E-state index in [1.54, 1.807) is 19.2 Å². The molecule has 0 aliphatic carbocycles. The monoisotopic (exact) mass is 338 g/mol. The summed E-state index contributed by atoms with van der Waals surface area (Å²) in [5, 5.41) is 3.46. The summed E-state index contributed by atoms with van der Waals surface area (Å²) in [6.45, 7) is 3.71. The Kier molecular flexibility index (Phi) is 4.65. The van der Waals surface area contributed by atoms with Gasteiger partial charge in [-0.3, -0.25) is 9.78 Å². The molecule has 0 saturated carbocycles. The standard InChI is InChI=1S/C20H19FN2O2/c1-12-10-18(17-11-15(21)6-9-19(17)22-12)20(24)23-13(2)14-4-7-16(25-3)8-5-14/h4-11,13H,1-3H3,(H,23,24). The molecule has 1 atom stereocenters. The van der Waals surface area contributed by atoms with Crippen molar-refractivity contribution in [3.05, 3.63) is 71.2 Å². The van der Waals surface area contributed by atoms with Crippen molar-refractivity contribution in [3.8, 4) is 5.75 Å². The number of aromatic nitrogens is 1. The molecule has 0 fully saturated rings. The van der Waals surface area contributed by atoms with Crippen molar-refractivity contribution in [3.63, 3.8) is 0 Å². The van der Waals surface area contributed by atoms with Crippen molar-refractivity contribution in [2.45, 2.75) is 19.9 Å². The molecule has 0 bridgehead atoms. The van der Waals surface area contributed by atoms with Gasteiger partial charge in [0.1, 0.15) is 11.6 Å². The molecule has 25 heavy (non-hydrogen) atoms. The van der Waals surface area contributed by atoms with E-state index in [9.17, 15) is 9.18 Å². The average molecular weight is 338 g/mol. The second-order valence-corrected chi connectivity index (χ2v) is 5.94. The van der Waals surface area contributed by atoms with Crippen LogP contribution in [0.3, 0.4) is 0 Å². The van der Waals surface area contributed by atoms with E-state index < -0.39 is 5.82 Å². The fourth-order valence-corrected chi connectivity index (χ4v) is 2.77. The first kappa shape index (κ1) is 16.9. The smallest absolute Gasteiger partial charge is 0.252 e. The number of carbonyl (C=O) groups is 1. The van der Waals surface area contributed by atoms with Crippen LogP contribution in [0.2, 0.25) is 0 Å². The summed E-state index contributed by atoms with van der Waals surface area (Å²) in [6, 6.07) is 13.2. The zero-order valence-corrected chi connectivity index (χ0v) is 14.3. The zero-order chi connectivity index (χ0) is 18.0. The Labute approximate surface area is 145 Å². The van der Waals surface area contributed by atoms with Gasteiger partial charge in [-0.1, -0.05) is 12.1 Å². The Hall–Kier alpha value is -2.95. The topological polar surface area (TPSA) is 51.2 Å². The number of aryl methyl sites for hydroxylation is 1. The Morgan fingerprint density at radius 3 is 2.56 bits per heavy atom. The number of halogens is 1. The van der Waals surface area contributed by atoms with Gasteiger partial charge in [0.2, 0.25) is 0 Å². The highest BCUT2D eigenvalue weighted by molar-refractivity contribution is 6.06. The Balaban J connectivity index is 1.89. The molecule has 1 amide bonds. The number of rotatable bonds is 4. The van der Waals surface area contributed by atoms with Crippen LogP contribution in [0.15, 0.2) is 48.5 Å². The van der Waals surface area contributed by atoms with Gasteiger partial charge in [0, 0.05) is 11.1 Å². The molecule has 128 valence electrons. The molecule has 3 aromatic rings. The molecule has 0 radical (unpaired) electrons. The number of fused-ring (bicyclic) bond motifs is 1. The molecule has 1 aromatic heterocycles. The van der Waals surface area contributed by atoms with Crippen LogP contribution in [0.4, 0.5) is 4.39 Å². The third-order valence-corrected chi connectivity index (χ3v) is 4.11. The van der Waals surface area contributed by atoms with Gasteiger partial charge in [-0.2, -0.15) is 0 Å². The summed E-state index contributed by atoms with van der Waals surface area (Å²) in [7, 11) is 1.61. The lowest BCUT2D eigenvalue weighted by atomic mass is 10.0. The number of nitrogens with zero attached hydrogens (tertiary/aromatic N) is 1. The van der Waals surface area contributed by atoms with Gasteiger partial charge < -0.3 is 10.1 Å². The predicted molar refractivity (Wildman–Crippen MR) is 95.3 cm³/mol. The van der Waals surface area contributed by atoms with Gasteiger partial charge in [0.05, 0.1) is 24.2 Å². The maximum Gasteiger partial charge on any atom is 0.252 e. The molecule has 2 aromatic carbocycles. The number of carbonyl (C=O) groups excluding carboxylic acids is 1. The van der Waals surface area contributed by atoms with Crippen LogP contribution in [0.1, 0.15) is 34.6 Å². The molecule has 1 unspecified atom stereocenters. The number of benzene rings is 2. The van der Waals surface area contributed by atoms with Crippen molar-refractivity contribution in [2.24, 2.45) is 0 Å². The van der Waals surface area contributed by atoms with Gasteiger partial charge in [0.15, 0.2) is 0 Å². The molecule has 0 saturated heterocycles. The molecule has 1 N–H and O–H groups in total. The highest BCUT2D eigenvalue weighted by Gasteiger charge is 2.16. The first-order valence-corrected chi connectivity index (χ1v) is 7.99. The highest BCUT2D eigenvalue weighted by Crippen LogP contribution is 2.22. The number of amides is 1. The first-order chi connectivity index (χ1) is 12.0. The third kappa shape index (κ3) is 3.60. The third-order valence-electron chi connectivity index (χ3n) is 4.11. The molecule has 0 spiro atoms. The lowest BCUT2D eigenvalue weighted by Crippen LogP contribution is -2.27. The van der Waals surface area contributed by atoms with E-state index in [0.717, 1.165) is 11.3 Å². The molecular formula is C20H19FN2O2. The van der Waals surface area contributed by atoms with Gasteiger partial charge in [0.25, 0.3) is 5.91 Å². The minimum absolute atomic E-state index is 0.199. The highest BCUT2D eigenvalue weighted by atomic mass is 19.1. The van der Waals surface area contributed by atoms with Crippen molar-refractivity contribution >= 4 is 16.8 Å². The van der Waals surface area contributed by atoms with Crippen LogP contribution >= 0.6 is 0 Å². The summed E-state index contributed by atoms with van der Waals surface area (Å²) in [6.07, 6.45) is 0. The van der Waals surface area contributed by atoms with E-state index in [4.69, 9.17) is 4.74 Å². The molecular weight excluding hydrogens is 319 g/mol. The summed E-state index contributed by atoms with van der Waals surface area (Å²) >= 11 is 0. The summed E-state index contributed by atoms with van der Waals surface area (Å²) in [5.74, 6) is 0.105. The van der Waals surface area contributed by atoms with Crippen molar-refractivity contribution in [1.29, 1.82) is 0 Å². The van der Waals surface area contributed by atoms with Gasteiger partial charge in [-0.05, 0) is 55.8 Å². The molecule has 3 rings (SSSR count). The lowest BCUT2D eigenvalue weighted by Gasteiger charge is -2.16. The average Bonchev–Trinajstić information content (AvgIpc) is 2.61. The van der Waals surface area contributed by atoms with Crippen LogP contribution in [-0.2, 0) is 0 Å². The maximum atomic E-state index is 13.6. The predicted octanol–water partition coefficient (Wildman–Crippen LogP) is 4.18. The molecule has 0 aliphatic rings. The largest absolute Gasteiger partial charge is 0.497 e. The fraction of sp³-hybridized carbons (Fsp3) is 0.200. The normalized spacial score (nSPS) is 12.0. The number of methoxy groups -OCH3 is 1. The first-order valence-electron chi connectivity index (χ1n) is 7.99. The lowest BCUT2D eigenvalue weighted by molar-refractivity contribution is 0.0941. The van der Waals surface area contributed by atoms with E-state index in [0.29, 0.717) is 22.2 Å². The van der Waals surface area contributed by atoms with Crippen LogP contribution in [0.5, 0.6) is 5.75 Å². The summed E-state index contributed by atoms with van der Waals surface area (Å²) in [4.78, 5) is 17.1. The number of pyridine rings is 1. The van der Waals surface area contributed by atoms with E-state index in [-0.39, 0.29) is 11.9 Å². The minimum atomic E-state index is -0.393. The number of ether oxygens (including phenoxy) is 1. The van der Waals surface area contributed by atoms with Crippen molar-refractivity contribution in [2.75, 3.05) is 7.11 Å². The number of hydrogen-bond acceptors (Lipinski definition) is 3. The SMILES string of the molecule is COc1ccc(C(C)NC(=O)c2cc(C)nc3ccc(F)cc23)cc1. The summed E-state index contributed by atoms with van der Waals surface area (Å²) in [5.41, 5.74) is 2.68. The van der Waals surface area contributed by atoms with Gasteiger partial charge in [-0.25, -0.2) is 4.39 Å². The Morgan fingerprint density at radius 1 is 1.16 bits per heavy atom. The van der Waals surface area contributed by atoms with Crippen molar-refractivity contribution in [1.82, 2.24) is 10.3 Å². The number of nitrogens with one attached hydrogen (secondary N) is 1. The molecule has 4 nitrogen and oxygen atoms in total. The van der Waals surface area contributed by atoms with E-state index in [1.807, 2.05) is 38.1 Å². The van der Waals surface area contributed by atoms with Gasteiger partial charge >= 0.3 is 0 Å². The Morgan fingerprint density at radius 2 is 1.88 bits per heavy atom.